The molecule has 0 spiro atoms. The second-order valence-corrected chi connectivity index (χ2v) is 6.75. The summed E-state index contributed by atoms with van der Waals surface area (Å²) in [5.74, 6) is 1.14. The van der Waals surface area contributed by atoms with E-state index in [1.807, 2.05) is 30.2 Å². The summed E-state index contributed by atoms with van der Waals surface area (Å²) in [5, 5.41) is 8.57. The molecule has 1 atom stereocenters. The summed E-state index contributed by atoms with van der Waals surface area (Å²) in [6.07, 6.45) is 6.41. The highest BCUT2D eigenvalue weighted by Crippen LogP contribution is 2.31. The third-order valence-electron chi connectivity index (χ3n) is 4.68. The third-order valence-corrected chi connectivity index (χ3v) is 4.68. The second kappa shape index (κ2) is 6.37. The van der Waals surface area contributed by atoms with Crippen molar-refractivity contribution in [1.29, 1.82) is 0 Å². The van der Waals surface area contributed by atoms with Gasteiger partial charge in [-0.25, -0.2) is 0 Å². The van der Waals surface area contributed by atoms with Gasteiger partial charge in [-0.3, -0.25) is 14.6 Å². The van der Waals surface area contributed by atoms with E-state index in [0.29, 0.717) is 5.92 Å². The molecule has 0 amide bonds. The van der Waals surface area contributed by atoms with E-state index in [0.717, 1.165) is 44.5 Å². The fourth-order valence-corrected chi connectivity index (χ4v) is 3.36. The Kier molecular flexibility index (Phi) is 4.10. The van der Waals surface area contributed by atoms with Crippen molar-refractivity contribution in [2.75, 3.05) is 19.8 Å². The molecule has 1 aliphatic carbocycles. The Labute approximate surface area is 136 Å². The molecule has 23 heavy (non-hydrogen) atoms. The topological polar surface area (TPSA) is 56.1 Å². The van der Waals surface area contributed by atoms with Crippen LogP contribution in [0.5, 0.6) is 0 Å². The molecule has 4 rings (SSSR count). The summed E-state index contributed by atoms with van der Waals surface area (Å²) in [6.45, 7) is 4.38. The summed E-state index contributed by atoms with van der Waals surface area (Å²) >= 11 is 0. The van der Waals surface area contributed by atoms with Gasteiger partial charge in [0.05, 0.1) is 12.3 Å². The Morgan fingerprint density at radius 2 is 2.22 bits per heavy atom. The number of nitrogens with zero attached hydrogens (tertiary/aromatic N) is 5. The zero-order valence-corrected chi connectivity index (χ0v) is 13.6. The fraction of sp³-hybridized carbons (Fsp3) is 0.588. The van der Waals surface area contributed by atoms with Gasteiger partial charge in [0.1, 0.15) is 5.69 Å². The number of aryl methyl sites for hydroxylation is 1. The van der Waals surface area contributed by atoms with E-state index < -0.39 is 0 Å². The van der Waals surface area contributed by atoms with Crippen LogP contribution in [0.15, 0.2) is 24.5 Å². The van der Waals surface area contributed by atoms with Crippen molar-refractivity contribution in [2.24, 2.45) is 13.0 Å². The average molecular weight is 313 g/mol. The first kappa shape index (κ1) is 14.8. The van der Waals surface area contributed by atoms with Gasteiger partial charge in [-0.15, -0.1) is 5.10 Å². The van der Waals surface area contributed by atoms with Crippen LogP contribution in [0.2, 0.25) is 0 Å². The standard InChI is InChI=1S/C17H23N5O/c1-21-17-15(12-23-11-13-4-5-13)9-22(10-16(17)19-20-21)8-14-3-2-6-18-7-14/h2-3,6-7,13,15H,4-5,8-12H2,1H3/t15-/m1/s1. The van der Waals surface area contributed by atoms with Crippen molar-refractivity contribution in [2.45, 2.75) is 31.8 Å². The van der Waals surface area contributed by atoms with Crippen molar-refractivity contribution in [1.82, 2.24) is 24.9 Å². The SMILES string of the molecule is Cn1nnc2c1[C@@H](COCC1CC1)CN(Cc1cccnc1)C2. The molecule has 0 radical (unpaired) electrons. The predicted molar refractivity (Wildman–Crippen MR) is 85.6 cm³/mol. The summed E-state index contributed by atoms with van der Waals surface area (Å²) in [5.41, 5.74) is 3.56. The van der Waals surface area contributed by atoms with Crippen LogP contribution in [0, 0.1) is 5.92 Å². The van der Waals surface area contributed by atoms with E-state index in [-0.39, 0.29) is 0 Å². The zero-order valence-electron chi connectivity index (χ0n) is 13.6. The number of pyridine rings is 1. The van der Waals surface area contributed by atoms with Gasteiger partial charge in [-0.1, -0.05) is 11.3 Å². The smallest absolute Gasteiger partial charge is 0.100 e. The minimum absolute atomic E-state index is 0.342. The first-order chi connectivity index (χ1) is 11.3. The van der Waals surface area contributed by atoms with Crippen LogP contribution in [0.3, 0.4) is 0 Å². The molecule has 122 valence electrons. The Balaban J connectivity index is 1.46. The largest absolute Gasteiger partial charge is 0.380 e. The lowest BCUT2D eigenvalue weighted by atomic mass is 9.98. The molecule has 0 aromatic carbocycles. The van der Waals surface area contributed by atoms with E-state index in [2.05, 4.69) is 26.3 Å². The highest BCUT2D eigenvalue weighted by molar-refractivity contribution is 5.20. The van der Waals surface area contributed by atoms with Gasteiger partial charge >= 0.3 is 0 Å². The number of ether oxygens (including phenoxy) is 1. The van der Waals surface area contributed by atoms with E-state index in [1.165, 1.54) is 24.1 Å². The van der Waals surface area contributed by atoms with E-state index in [1.54, 1.807) is 0 Å². The molecule has 0 bridgehead atoms. The van der Waals surface area contributed by atoms with Crippen LogP contribution >= 0.6 is 0 Å². The van der Waals surface area contributed by atoms with Crippen LogP contribution < -0.4 is 0 Å². The molecule has 0 N–H and O–H groups in total. The van der Waals surface area contributed by atoms with Crippen molar-refractivity contribution in [3.63, 3.8) is 0 Å². The lowest BCUT2D eigenvalue weighted by molar-refractivity contribution is 0.0866. The average Bonchev–Trinajstić information content (AvgIpc) is 3.31. The fourth-order valence-electron chi connectivity index (χ4n) is 3.36. The molecule has 2 aliphatic rings. The highest BCUT2D eigenvalue weighted by atomic mass is 16.5. The molecular weight excluding hydrogens is 290 g/mol. The summed E-state index contributed by atoms with van der Waals surface area (Å²) in [7, 11) is 1.98. The molecule has 3 heterocycles. The van der Waals surface area contributed by atoms with E-state index in [4.69, 9.17) is 4.74 Å². The van der Waals surface area contributed by atoms with Gasteiger partial charge in [0.2, 0.25) is 0 Å². The summed E-state index contributed by atoms with van der Waals surface area (Å²) in [4.78, 5) is 6.63. The van der Waals surface area contributed by atoms with Gasteiger partial charge in [-0.2, -0.15) is 0 Å². The van der Waals surface area contributed by atoms with Crippen LogP contribution in [-0.4, -0.2) is 44.6 Å². The Morgan fingerprint density at radius 3 is 3.00 bits per heavy atom. The number of aromatic nitrogens is 4. The minimum atomic E-state index is 0.342. The van der Waals surface area contributed by atoms with Gasteiger partial charge in [-0.05, 0) is 30.4 Å². The third kappa shape index (κ3) is 3.43. The predicted octanol–water partition coefficient (Wildman–Crippen LogP) is 1.74. The van der Waals surface area contributed by atoms with Crippen LogP contribution in [-0.2, 0) is 24.9 Å². The highest BCUT2D eigenvalue weighted by Gasteiger charge is 2.31. The lowest BCUT2D eigenvalue weighted by Crippen LogP contribution is -2.36. The maximum absolute atomic E-state index is 5.97. The van der Waals surface area contributed by atoms with Crippen molar-refractivity contribution in [3.8, 4) is 0 Å². The number of hydrogen-bond donors (Lipinski definition) is 0. The number of rotatable bonds is 6. The maximum atomic E-state index is 5.97. The van der Waals surface area contributed by atoms with Gasteiger partial charge in [0.25, 0.3) is 0 Å². The van der Waals surface area contributed by atoms with Crippen molar-refractivity contribution < 1.29 is 4.74 Å². The molecule has 0 unspecified atom stereocenters. The summed E-state index contributed by atoms with van der Waals surface area (Å²) in [6, 6.07) is 4.11. The minimum Gasteiger partial charge on any atom is -0.380 e. The van der Waals surface area contributed by atoms with Crippen LogP contribution in [0.25, 0.3) is 0 Å². The number of hydrogen-bond acceptors (Lipinski definition) is 5. The molecule has 6 heteroatoms. The van der Waals surface area contributed by atoms with Crippen LogP contribution in [0.4, 0.5) is 0 Å². The molecule has 0 saturated heterocycles. The molecule has 1 fully saturated rings. The van der Waals surface area contributed by atoms with Gasteiger partial charge < -0.3 is 4.74 Å². The van der Waals surface area contributed by atoms with Crippen molar-refractivity contribution in [3.05, 3.63) is 41.5 Å². The Bertz CT molecular complexity index is 652. The van der Waals surface area contributed by atoms with E-state index in [9.17, 15) is 0 Å². The maximum Gasteiger partial charge on any atom is 0.100 e. The van der Waals surface area contributed by atoms with Crippen LogP contribution in [0.1, 0.15) is 35.7 Å². The monoisotopic (exact) mass is 313 g/mol. The van der Waals surface area contributed by atoms with Gasteiger partial charge in [0, 0.05) is 51.6 Å². The molecule has 1 aliphatic heterocycles. The zero-order chi connectivity index (χ0) is 15.6. The van der Waals surface area contributed by atoms with Crippen molar-refractivity contribution >= 4 is 0 Å². The first-order valence-corrected chi connectivity index (χ1v) is 8.37. The second-order valence-electron chi connectivity index (χ2n) is 6.75. The molecular formula is C17H23N5O. The quantitative estimate of drug-likeness (QED) is 0.813. The lowest BCUT2D eigenvalue weighted by Gasteiger charge is -2.32. The molecule has 2 aromatic rings. The molecule has 2 aromatic heterocycles. The van der Waals surface area contributed by atoms with Gasteiger partial charge in [0.15, 0.2) is 0 Å². The molecule has 6 nitrogen and oxygen atoms in total. The molecule has 1 saturated carbocycles. The Hall–Kier alpha value is -1.79. The normalized spacial score (nSPS) is 21.3. The Morgan fingerprint density at radius 1 is 1.30 bits per heavy atom. The summed E-state index contributed by atoms with van der Waals surface area (Å²) < 4.78 is 7.89. The van der Waals surface area contributed by atoms with E-state index >= 15 is 0 Å². The first-order valence-electron chi connectivity index (χ1n) is 8.37. The number of fused-ring (bicyclic) bond motifs is 1.